The minimum Gasteiger partial charge on any atom is -0.311 e. The predicted octanol–water partition coefficient (Wildman–Crippen LogP) is 5.01. The first-order valence-electron chi connectivity index (χ1n) is 10.1. The maximum atomic E-state index is 14.4. The van der Waals surface area contributed by atoms with E-state index < -0.39 is 23.2 Å². The number of hydrogen-bond donors (Lipinski definition) is 0. The lowest BCUT2D eigenvalue weighted by molar-refractivity contribution is -0.137. The van der Waals surface area contributed by atoms with E-state index >= 15 is 0 Å². The zero-order valence-electron chi connectivity index (χ0n) is 17.6. The van der Waals surface area contributed by atoms with Crippen LogP contribution in [-0.4, -0.2) is 23.6 Å². The fourth-order valence-corrected chi connectivity index (χ4v) is 4.84. The van der Waals surface area contributed by atoms with Crippen molar-refractivity contribution < 1.29 is 13.2 Å². The van der Waals surface area contributed by atoms with Gasteiger partial charge >= 0.3 is 6.18 Å². The van der Waals surface area contributed by atoms with Crippen LogP contribution in [0.25, 0.3) is 10.9 Å². The van der Waals surface area contributed by atoms with Crippen LogP contribution in [0.4, 0.5) is 13.2 Å². The Hall–Kier alpha value is -2.60. The first-order valence-corrected chi connectivity index (χ1v) is 10.1. The molecule has 1 unspecified atom stereocenters. The predicted molar refractivity (Wildman–Crippen MR) is 113 cm³/mol. The van der Waals surface area contributed by atoms with Crippen molar-refractivity contribution in [1.29, 1.82) is 0 Å². The van der Waals surface area contributed by atoms with Crippen molar-refractivity contribution in [1.82, 2.24) is 9.47 Å². The maximum absolute atomic E-state index is 14.4. The molecule has 0 spiro atoms. The molecule has 0 radical (unpaired) electrons. The molecule has 2 aromatic carbocycles. The molecule has 1 heterocycles. The van der Waals surface area contributed by atoms with Gasteiger partial charge in [0.1, 0.15) is 0 Å². The number of pyridine rings is 1. The van der Waals surface area contributed by atoms with Gasteiger partial charge in [0.05, 0.1) is 11.1 Å². The van der Waals surface area contributed by atoms with Crippen molar-refractivity contribution in [3.05, 3.63) is 80.1 Å². The van der Waals surface area contributed by atoms with Crippen molar-refractivity contribution >= 4 is 10.9 Å². The van der Waals surface area contributed by atoms with E-state index in [1.54, 1.807) is 19.2 Å². The van der Waals surface area contributed by atoms with Crippen LogP contribution in [0, 0.1) is 6.92 Å². The molecule has 0 N–H and O–H groups in total. The van der Waals surface area contributed by atoms with Crippen molar-refractivity contribution in [2.75, 3.05) is 14.1 Å². The summed E-state index contributed by atoms with van der Waals surface area (Å²) in [6.45, 7) is 2.55. The third-order valence-electron chi connectivity index (χ3n) is 6.13. The summed E-state index contributed by atoms with van der Waals surface area (Å²) < 4.78 is 44.4. The van der Waals surface area contributed by atoms with E-state index in [1.165, 1.54) is 10.6 Å². The molecule has 0 fully saturated rings. The van der Waals surface area contributed by atoms with E-state index in [-0.39, 0.29) is 10.9 Å². The molecule has 0 bridgehead atoms. The molecule has 4 rings (SSSR count). The highest BCUT2D eigenvalue weighted by Crippen LogP contribution is 2.45. The summed E-state index contributed by atoms with van der Waals surface area (Å²) in [5.74, 6) is -0.541. The number of alkyl halides is 3. The van der Waals surface area contributed by atoms with Gasteiger partial charge in [0.25, 0.3) is 5.56 Å². The number of aryl methyl sites for hydroxylation is 2. The van der Waals surface area contributed by atoms with Crippen molar-refractivity contribution in [3.8, 4) is 0 Å². The van der Waals surface area contributed by atoms with Gasteiger partial charge < -0.3 is 9.47 Å². The number of hydrogen-bond acceptors (Lipinski definition) is 2. The summed E-state index contributed by atoms with van der Waals surface area (Å²) in [5.41, 5.74) is 2.70. The molecule has 0 saturated heterocycles. The Kier molecular flexibility index (Phi) is 5.01. The van der Waals surface area contributed by atoms with Crippen molar-refractivity contribution in [3.63, 3.8) is 0 Å². The summed E-state index contributed by atoms with van der Waals surface area (Å²) in [4.78, 5) is 15.3. The fraction of sp³-hybridized carbons (Fsp3) is 0.375. The third-order valence-corrected chi connectivity index (χ3v) is 6.13. The molecular formula is C24H25F3N2O. The first-order chi connectivity index (χ1) is 14.1. The summed E-state index contributed by atoms with van der Waals surface area (Å²) in [6.07, 6.45) is -3.41. The highest BCUT2D eigenvalue weighted by Gasteiger charge is 2.41. The Labute approximate surface area is 173 Å². The molecule has 3 nitrogen and oxygen atoms in total. The van der Waals surface area contributed by atoms with Crippen LogP contribution < -0.4 is 5.56 Å². The lowest BCUT2D eigenvalue weighted by Gasteiger charge is -2.22. The molecule has 3 aromatic rings. The van der Waals surface area contributed by atoms with Gasteiger partial charge in [0.2, 0.25) is 0 Å². The Morgan fingerprint density at radius 3 is 2.57 bits per heavy atom. The van der Waals surface area contributed by atoms with Crippen LogP contribution >= 0.6 is 0 Å². The Bertz CT molecular complexity index is 1190. The van der Waals surface area contributed by atoms with Crippen molar-refractivity contribution in [2.45, 2.75) is 38.4 Å². The molecule has 6 heteroatoms. The summed E-state index contributed by atoms with van der Waals surface area (Å²) >= 11 is 0. The minimum atomic E-state index is -4.61. The Morgan fingerprint density at radius 1 is 1.17 bits per heavy atom. The second-order valence-electron chi connectivity index (χ2n) is 8.47. The molecule has 1 aliphatic rings. The molecule has 0 aliphatic heterocycles. The van der Waals surface area contributed by atoms with Gasteiger partial charge in [-0.15, -0.1) is 0 Å². The van der Waals surface area contributed by atoms with E-state index in [1.807, 2.05) is 44.1 Å². The van der Waals surface area contributed by atoms with E-state index in [0.717, 1.165) is 22.3 Å². The minimum absolute atomic E-state index is 0.0863. The van der Waals surface area contributed by atoms with Gasteiger partial charge in [-0.05, 0) is 62.2 Å². The lowest BCUT2D eigenvalue weighted by Crippen LogP contribution is -2.29. The fourth-order valence-electron chi connectivity index (χ4n) is 4.84. The van der Waals surface area contributed by atoms with Crippen LogP contribution in [0.2, 0.25) is 0 Å². The van der Waals surface area contributed by atoms with E-state index in [2.05, 4.69) is 0 Å². The second-order valence-corrected chi connectivity index (χ2v) is 8.47. The van der Waals surface area contributed by atoms with Crippen molar-refractivity contribution in [2.24, 2.45) is 7.05 Å². The average Bonchev–Trinajstić information content (AvgIpc) is 3.08. The van der Waals surface area contributed by atoms with Crippen LogP contribution in [0.1, 0.15) is 45.7 Å². The zero-order chi connectivity index (χ0) is 21.8. The normalized spacial score (nSPS) is 16.5. The summed E-state index contributed by atoms with van der Waals surface area (Å²) in [5, 5.41) is 0.0863. The van der Waals surface area contributed by atoms with Gasteiger partial charge in [-0.1, -0.05) is 30.3 Å². The zero-order valence-corrected chi connectivity index (χ0v) is 17.6. The molecule has 0 saturated carbocycles. The van der Waals surface area contributed by atoms with Crippen LogP contribution in [0.5, 0.6) is 0 Å². The van der Waals surface area contributed by atoms with Gasteiger partial charge in [-0.3, -0.25) is 4.79 Å². The molecule has 0 amide bonds. The number of rotatable bonds is 3. The smallest absolute Gasteiger partial charge is 0.311 e. The van der Waals surface area contributed by atoms with Crippen LogP contribution in [0.3, 0.4) is 0 Å². The SMILES string of the molecule is Cc1cccc2c1CCC2c1c(C(F)(F)F)c2ccc(CN(C)C)cc2n(C)c1=O. The number of fused-ring (bicyclic) bond motifs is 2. The molecular weight excluding hydrogens is 389 g/mol. The topological polar surface area (TPSA) is 25.2 Å². The highest BCUT2D eigenvalue weighted by atomic mass is 19.4. The largest absolute Gasteiger partial charge is 0.417 e. The molecule has 1 aliphatic carbocycles. The monoisotopic (exact) mass is 414 g/mol. The quantitative estimate of drug-likeness (QED) is 0.602. The van der Waals surface area contributed by atoms with Gasteiger partial charge in [-0.25, -0.2) is 0 Å². The summed E-state index contributed by atoms with van der Waals surface area (Å²) in [7, 11) is 5.36. The highest BCUT2D eigenvalue weighted by molar-refractivity contribution is 5.85. The number of halogens is 3. The maximum Gasteiger partial charge on any atom is 0.417 e. The Balaban J connectivity index is 2.03. The third kappa shape index (κ3) is 3.33. The van der Waals surface area contributed by atoms with E-state index in [9.17, 15) is 18.0 Å². The number of benzene rings is 2. The Morgan fingerprint density at radius 2 is 1.90 bits per heavy atom. The second kappa shape index (κ2) is 7.27. The molecule has 158 valence electrons. The molecule has 1 atom stereocenters. The summed E-state index contributed by atoms with van der Waals surface area (Å²) in [6, 6.07) is 10.6. The molecule has 30 heavy (non-hydrogen) atoms. The van der Waals surface area contributed by atoms with Crippen LogP contribution in [0.15, 0.2) is 41.2 Å². The standard InChI is InChI=1S/C24H25F3N2O/c1-14-6-5-7-17-16(14)10-11-18(17)21-22(24(25,26)27)19-9-8-15(13-28(2)3)12-20(19)29(4)23(21)30/h5-9,12,18H,10-11,13H2,1-4H3. The van der Waals surface area contributed by atoms with E-state index in [4.69, 9.17) is 0 Å². The van der Waals surface area contributed by atoms with Gasteiger partial charge in [0, 0.05) is 30.5 Å². The van der Waals surface area contributed by atoms with Crippen LogP contribution in [-0.2, 0) is 26.2 Å². The first kappa shape index (κ1) is 20.7. The van der Waals surface area contributed by atoms with Gasteiger partial charge in [0.15, 0.2) is 0 Å². The molecule has 1 aromatic heterocycles. The average molecular weight is 414 g/mol. The lowest BCUT2D eigenvalue weighted by atomic mass is 9.87. The van der Waals surface area contributed by atoms with Gasteiger partial charge in [-0.2, -0.15) is 13.2 Å². The number of aromatic nitrogens is 1. The van der Waals surface area contributed by atoms with E-state index in [0.29, 0.717) is 24.9 Å². The number of nitrogens with zero attached hydrogens (tertiary/aromatic N) is 2.